The van der Waals surface area contributed by atoms with Gasteiger partial charge >= 0.3 is 0 Å². The number of carbonyl (C=O) groups excluding carboxylic acids is 2. The summed E-state index contributed by atoms with van der Waals surface area (Å²) >= 11 is 1.02. The Morgan fingerprint density at radius 3 is 2.43 bits per heavy atom. The van der Waals surface area contributed by atoms with Crippen LogP contribution in [0.3, 0.4) is 0 Å². The van der Waals surface area contributed by atoms with Gasteiger partial charge in [0.05, 0.1) is 27.9 Å². The first-order valence-electron chi connectivity index (χ1n) is 10.9. The maximum atomic E-state index is 11.8. The van der Waals surface area contributed by atoms with Crippen molar-refractivity contribution in [1.82, 2.24) is 15.3 Å². The van der Waals surface area contributed by atoms with E-state index in [-0.39, 0.29) is 17.3 Å². The van der Waals surface area contributed by atoms with E-state index in [1.165, 1.54) is 0 Å². The van der Waals surface area contributed by atoms with Gasteiger partial charge in [0.2, 0.25) is 5.91 Å². The molecule has 0 saturated carbocycles. The standard InChI is InChI=1S/C26H20N4O4S/c1-15(33-18-6-2-16(3-7-18)12-23-25(31)30-26(32)35-23)24-28-21-11-10-20(13-22(21)29-24)34-19-8-4-17(14-27)5-9-19/h2-11,13,15,23H,12H2,1H3,(H,28,29)(H,30,31,32). The Hall–Kier alpha value is -4.29. The van der Waals surface area contributed by atoms with Crippen LogP contribution in [0.25, 0.3) is 11.0 Å². The van der Waals surface area contributed by atoms with Crippen LogP contribution in [0.1, 0.15) is 30.0 Å². The van der Waals surface area contributed by atoms with Crippen molar-refractivity contribution in [2.75, 3.05) is 0 Å². The number of thioether (sulfide) groups is 1. The lowest BCUT2D eigenvalue weighted by Crippen LogP contribution is -2.25. The van der Waals surface area contributed by atoms with Crippen molar-refractivity contribution in [1.29, 1.82) is 5.26 Å². The molecule has 8 nitrogen and oxygen atoms in total. The smallest absolute Gasteiger partial charge is 0.286 e. The lowest BCUT2D eigenvalue weighted by molar-refractivity contribution is -0.118. The largest absolute Gasteiger partial charge is 0.483 e. The maximum absolute atomic E-state index is 11.8. The summed E-state index contributed by atoms with van der Waals surface area (Å²) in [4.78, 5) is 31.0. The summed E-state index contributed by atoms with van der Waals surface area (Å²) < 4.78 is 11.9. The van der Waals surface area contributed by atoms with Crippen molar-refractivity contribution in [3.63, 3.8) is 0 Å². The predicted molar refractivity (Wildman–Crippen MR) is 131 cm³/mol. The quantitative estimate of drug-likeness (QED) is 0.367. The SMILES string of the molecule is CC(Oc1ccc(CC2SC(=O)NC2=O)cc1)c1nc2ccc(Oc3ccc(C#N)cc3)cc2[nH]1. The Morgan fingerprint density at radius 1 is 1.03 bits per heavy atom. The third kappa shape index (κ3) is 5.13. The van der Waals surface area contributed by atoms with Crippen molar-refractivity contribution in [2.24, 2.45) is 0 Å². The predicted octanol–water partition coefficient (Wildman–Crippen LogP) is 5.26. The normalized spacial score (nSPS) is 16.1. The van der Waals surface area contributed by atoms with Crippen LogP contribution in [0.4, 0.5) is 4.79 Å². The van der Waals surface area contributed by atoms with Gasteiger partial charge in [-0.05, 0) is 67.4 Å². The van der Waals surface area contributed by atoms with Gasteiger partial charge in [-0.1, -0.05) is 23.9 Å². The summed E-state index contributed by atoms with van der Waals surface area (Å²) in [6.07, 6.45) is 0.152. The van der Waals surface area contributed by atoms with Crippen molar-refractivity contribution in [3.05, 3.63) is 83.7 Å². The molecule has 2 unspecified atom stereocenters. The monoisotopic (exact) mass is 484 g/mol. The number of amides is 2. The van der Waals surface area contributed by atoms with Crippen LogP contribution in [0.2, 0.25) is 0 Å². The molecule has 0 aliphatic carbocycles. The van der Waals surface area contributed by atoms with Gasteiger partial charge in [0.1, 0.15) is 23.1 Å². The average Bonchev–Trinajstić information content (AvgIpc) is 3.42. The van der Waals surface area contributed by atoms with Crippen LogP contribution in [0.5, 0.6) is 17.2 Å². The van der Waals surface area contributed by atoms with E-state index in [1.54, 1.807) is 24.3 Å². The highest BCUT2D eigenvalue weighted by Crippen LogP contribution is 2.28. The minimum atomic E-state index is -0.394. The molecule has 5 rings (SSSR count). The number of carbonyl (C=O) groups is 2. The van der Waals surface area contributed by atoms with Crippen LogP contribution >= 0.6 is 11.8 Å². The van der Waals surface area contributed by atoms with Gasteiger partial charge in [0.25, 0.3) is 5.24 Å². The second kappa shape index (κ2) is 9.52. The molecule has 174 valence electrons. The Morgan fingerprint density at radius 2 is 1.74 bits per heavy atom. The van der Waals surface area contributed by atoms with E-state index >= 15 is 0 Å². The van der Waals surface area contributed by atoms with Crippen LogP contribution in [-0.2, 0) is 11.2 Å². The summed E-state index contributed by atoms with van der Waals surface area (Å²) in [6.45, 7) is 1.91. The van der Waals surface area contributed by atoms with Crippen LogP contribution in [-0.4, -0.2) is 26.4 Å². The summed E-state index contributed by atoms with van der Waals surface area (Å²) in [7, 11) is 0. The van der Waals surface area contributed by atoms with E-state index in [1.807, 2.05) is 49.4 Å². The molecule has 35 heavy (non-hydrogen) atoms. The molecule has 2 atom stereocenters. The second-order valence-electron chi connectivity index (χ2n) is 8.03. The molecule has 2 heterocycles. The topological polar surface area (TPSA) is 117 Å². The summed E-state index contributed by atoms with van der Waals surface area (Å²) in [6, 6.07) is 22.1. The lowest BCUT2D eigenvalue weighted by Gasteiger charge is -2.13. The molecule has 1 aliphatic heterocycles. The number of nitrogens with one attached hydrogen (secondary N) is 2. The third-order valence-electron chi connectivity index (χ3n) is 5.50. The number of rotatable bonds is 7. The fourth-order valence-corrected chi connectivity index (χ4v) is 4.56. The number of aromatic nitrogens is 2. The Balaban J connectivity index is 1.24. The number of H-pyrrole nitrogens is 1. The van der Waals surface area contributed by atoms with Crippen molar-refractivity contribution in [3.8, 4) is 23.3 Å². The number of imide groups is 1. The maximum Gasteiger partial charge on any atom is 0.286 e. The van der Waals surface area contributed by atoms with Gasteiger partial charge in [-0.2, -0.15) is 5.26 Å². The summed E-state index contributed by atoms with van der Waals surface area (Å²) in [5, 5.41) is 10.5. The zero-order valence-electron chi connectivity index (χ0n) is 18.6. The molecule has 0 radical (unpaired) electrons. The number of nitrogens with zero attached hydrogens (tertiary/aromatic N) is 2. The number of imidazole rings is 1. The van der Waals surface area contributed by atoms with Crippen molar-refractivity contribution in [2.45, 2.75) is 24.7 Å². The van der Waals surface area contributed by atoms with E-state index in [4.69, 9.17) is 14.7 Å². The van der Waals surface area contributed by atoms with E-state index in [9.17, 15) is 9.59 Å². The van der Waals surface area contributed by atoms with Gasteiger partial charge in [0.15, 0.2) is 6.10 Å². The molecule has 0 bridgehead atoms. The molecule has 2 amide bonds. The van der Waals surface area contributed by atoms with Gasteiger partial charge < -0.3 is 14.5 Å². The molecule has 4 aromatic rings. The number of nitriles is 1. The highest BCUT2D eigenvalue weighted by molar-refractivity contribution is 8.15. The number of ether oxygens (including phenoxy) is 2. The number of hydrogen-bond acceptors (Lipinski definition) is 7. The number of fused-ring (bicyclic) bond motifs is 1. The first-order chi connectivity index (χ1) is 17.0. The van der Waals surface area contributed by atoms with Crippen molar-refractivity contribution < 1.29 is 19.1 Å². The average molecular weight is 485 g/mol. The lowest BCUT2D eigenvalue weighted by atomic mass is 10.1. The van der Waals surface area contributed by atoms with E-state index in [0.717, 1.165) is 28.4 Å². The summed E-state index contributed by atoms with van der Waals surface area (Å²) in [5.74, 6) is 2.40. The highest BCUT2D eigenvalue weighted by Gasteiger charge is 2.31. The minimum Gasteiger partial charge on any atom is -0.483 e. The van der Waals surface area contributed by atoms with E-state index in [0.29, 0.717) is 35.1 Å². The zero-order valence-corrected chi connectivity index (χ0v) is 19.5. The molecule has 2 N–H and O–H groups in total. The molecule has 1 fully saturated rings. The molecule has 3 aromatic carbocycles. The Labute approximate surface area is 205 Å². The molecule has 9 heteroatoms. The van der Waals surface area contributed by atoms with Crippen LogP contribution in [0, 0.1) is 11.3 Å². The minimum absolute atomic E-state index is 0.246. The molecule has 0 spiro atoms. The number of hydrogen-bond donors (Lipinski definition) is 2. The Bertz CT molecular complexity index is 1440. The fraction of sp³-hybridized carbons (Fsp3) is 0.154. The zero-order chi connectivity index (χ0) is 24.4. The van der Waals surface area contributed by atoms with Crippen molar-refractivity contribution >= 4 is 33.9 Å². The van der Waals surface area contributed by atoms with Gasteiger partial charge in [-0.25, -0.2) is 4.98 Å². The first kappa shape index (κ1) is 22.5. The Kier molecular flexibility index (Phi) is 6.12. The summed E-state index contributed by atoms with van der Waals surface area (Å²) in [5.41, 5.74) is 3.14. The number of benzene rings is 3. The van der Waals surface area contributed by atoms with E-state index in [2.05, 4.69) is 21.4 Å². The molecular formula is C26H20N4O4S. The highest BCUT2D eigenvalue weighted by atomic mass is 32.2. The second-order valence-corrected chi connectivity index (χ2v) is 9.21. The molecular weight excluding hydrogens is 464 g/mol. The first-order valence-corrected chi connectivity index (χ1v) is 11.8. The van der Waals surface area contributed by atoms with Gasteiger partial charge in [0, 0.05) is 6.07 Å². The number of aromatic amines is 1. The van der Waals surface area contributed by atoms with Gasteiger partial charge in [-0.15, -0.1) is 0 Å². The molecule has 1 saturated heterocycles. The van der Waals surface area contributed by atoms with Gasteiger partial charge in [-0.3, -0.25) is 14.9 Å². The molecule has 1 aliphatic rings. The fourth-order valence-electron chi connectivity index (χ4n) is 3.70. The van der Waals surface area contributed by atoms with Crippen LogP contribution in [0.15, 0.2) is 66.7 Å². The van der Waals surface area contributed by atoms with Crippen LogP contribution < -0.4 is 14.8 Å². The van der Waals surface area contributed by atoms with E-state index < -0.39 is 5.25 Å². The molecule has 1 aromatic heterocycles. The third-order valence-corrected chi connectivity index (χ3v) is 6.48.